The van der Waals surface area contributed by atoms with Crippen molar-refractivity contribution in [3.05, 3.63) is 62.6 Å². The first-order valence-electron chi connectivity index (χ1n) is 9.95. The number of fused-ring (bicyclic) bond motifs is 1. The molecule has 1 saturated heterocycles. The van der Waals surface area contributed by atoms with E-state index in [4.69, 9.17) is 0 Å². The highest BCUT2D eigenvalue weighted by Gasteiger charge is 2.34. The standard InChI is InChI=1S/C20H19F3N6O4/c21-20(22,23)12-1-4-16(17(9-12)29(32)33)28-7-5-27(6-8-28)11-18(30)24-13-2-3-14-15(10-13)26-19(31)25-14/h1-4,9-10H,5-8,11H2,(H,24,30)(H2,25,26,31). The van der Waals surface area contributed by atoms with Crippen molar-refractivity contribution in [2.24, 2.45) is 0 Å². The van der Waals surface area contributed by atoms with Crippen LogP contribution in [0.15, 0.2) is 41.2 Å². The van der Waals surface area contributed by atoms with E-state index < -0.39 is 22.4 Å². The molecule has 0 saturated carbocycles. The highest BCUT2D eigenvalue weighted by Crippen LogP contribution is 2.36. The molecule has 0 bridgehead atoms. The number of imidazole rings is 1. The zero-order valence-electron chi connectivity index (χ0n) is 17.1. The number of alkyl halides is 3. The molecule has 0 unspecified atom stereocenters. The Hall–Kier alpha value is -3.87. The molecule has 1 aliphatic rings. The molecular formula is C20H19F3N6O4. The first-order chi connectivity index (χ1) is 15.6. The Bertz CT molecular complexity index is 1260. The number of carbonyl (C=O) groups excluding carboxylic acids is 1. The summed E-state index contributed by atoms with van der Waals surface area (Å²) in [6.45, 7) is 1.50. The second-order valence-corrected chi connectivity index (χ2v) is 7.61. The number of nitrogens with one attached hydrogen (secondary N) is 3. The molecule has 10 nitrogen and oxygen atoms in total. The predicted molar refractivity (Wildman–Crippen MR) is 114 cm³/mol. The lowest BCUT2D eigenvalue weighted by Crippen LogP contribution is -2.48. The number of hydrogen-bond donors (Lipinski definition) is 3. The summed E-state index contributed by atoms with van der Waals surface area (Å²) >= 11 is 0. The van der Waals surface area contributed by atoms with E-state index in [9.17, 15) is 32.9 Å². The number of rotatable bonds is 5. The zero-order valence-corrected chi connectivity index (χ0v) is 17.1. The van der Waals surface area contributed by atoms with Crippen LogP contribution in [0.4, 0.5) is 30.2 Å². The van der Waals surface area contributed by atoms with Crippen molar-refractivity contribution in [3.63, 3.8) is 0 Å². The number of aromatic nitrogens is 2. The van der Waals surface area contributed by atoms with E-state index in [1.54, 1.807) is 23.1 Å². The van der Waals surface area contributed by atoms with E-state index in [0.29, 0.717) is 49.0 Å². The van der Waals surface area contributed by atoms with Gasteiger partial charge < -0.3 is 20.2 Å². The van der Waals surface area contributed by atoms with Crippen LogP contribution in [0.5, 0.6) is 0 Å². The molecule has 0 atom stereocenters. The number of amides is 1. The monoisotopic (exact) mass is 464 g/mol. The molecule has 4 rings (SSSR count). The van der Waals surface area contributed by atoms with Crippen LogP contribution in [0, 0.1) is 10.1 Å². The van der Waals surface area contributed by atoms with E-state index >= 15 is 0 Å². The summed E-state index contributed by atoms with van der Waals surface area (Å²) < 4.78 is 38.7. The van der Waals surface area contributed by atoms with Crippen molar-refractivity contribution in [1.82, 2.24) is 14.9 Å². The highest BCUT2D eigenvalue weighted by atomic mass is 19.4. The molecule has 0 spiro atoms. The SMILES string of the molecule is O=C(CN1CCN(c2ccc(C(F)(F)F)cc2[N+](=O)[O-])CC1)Nc1ccc2[nH]c(=O)[nH]c2c1. The minimum Gasteiger partial charge on any atom is -0.363 e. The lowest BCUT2D eigenvalue weighted by Gasteiger charge is -2.35. The smallest absolute Gasteiger partial charge is 0.363 e. The number of H-pyrrole nitrogens is 2. The van der Waals surface area contributed by atoms with Gasteiger partial charge in [0.05, 0.1) is 28.1 Å². The van der Waals surface area contributed by atoms with Gasteiger partial charge in [-0.25, -0.2) is 4.79 Å². The van der Waals surface area contributed by atoms with E-state index in [0.717, 1.165) is 12.1 Å². The van der Waals surface area contributed by atoms with Gasteiger partial charge in [-0.2, -0.15) is 13.2 Å². The lowest BCUT2D eigenvalue weighted by atomic mass is 10.1. The van der Waals surface area contributed by atoms with Gasteiger partial charge in [-0.15, -0.1) is 0 Å². The first kappa shape index (κ1) is 22.3. The molecule has 13 heteroatoms. The Balaban J connectivity index is 1.37. The average molecular weight is 464 g/mol. The van der Waals surface area contributed by atoms with Crippen molar-refractivity contribution in [2.75, 3.05) is 42.9 Å². The zero-order chi connectivity index (χ0) is 23.8. The molecule has 1 fully saturated rings. The maximum absolute atomic E-state index is 12.9. The van der Waals surface area contributed by atoms with E-state index in [-0.39, 0.29) is 23.8 Å². The fourth-order valence-corrected chi connectivity index (χ4v) is 3.77. The Morgan fingerprint density at radius 1 is 1.06 bits per heavy atom. The molecule has 0 aliphatic carbocycles. The van der Waals surface area contributed by atoms with E-state index in [1.165, 1.54) is 0 Å². The summed E-state index contributed by atoms with van der Waals surface area (Å²) in [7, 11) is 0. The maximum Gasteiger partial charge on any atom is 0.416 e. The number of anilines is 2. The third-order valence-electron chi connectivity index (χ3n) is 5.38. The Morgan fingerprint density at radius 3 is 2.42 bits per heavy atom. The van der Waals surface area contributed by atoms with Gasteiger partial charge in [-0.1, -0.05) is 0 Å². The van der Waals surface area contributed by atoms with Crippen LogP contribution in [0.2, 0.25) is 0 Å². The third kappa shape index (κ3) is 4.98. The number of carbonyl (C=O) groups is 1. The first-order valence-corrected chi connectivity index (χ1v) is 9.95. The second-order valence-electron chi connectivity index (χ2n) is 7.61. The Morgan fingerprint density at radius 2 is 1.76 bits per heavy atom. The van der Waals surface area contributed by atoms with Crippen LogP contribution in [0.3, 0.4) is 0 Å². The minimum atomic E-state index is -4.67. The van der Waals surface area contributed by atoms with Gasteiger partial charge in [0.25, 0.3) is 5.69 Å². The number of aromatic amines is 2. The van der Waals surface area contributed by atoms with Crippen LogP contribution >= 0.6 is 0 Å². The number of benzene rings is 2. The van der Waals surface area contributed by atoms with Gasteiger partial charge in [-0.05, 0) is 30.3 Å². The summed E-state index contributed by atoms with van der Waals surface area (Å²) in [6.07, 6.45) is -4.67. The molecule has 3 aromatic rings. The largest absolute Gasteiger partial charge is 0.416 e. The number of halogens is 3. The molecule has 3 N–H and O–H groups in total. The number of nitro benzene ring substituents is 1. The summed E-state index contributed by atoms with van der Waals surface area (Å²) in [5, 5.41) is 14.1. The van der Waals surface area contributed by atoms with E-state index in [2.05, 4.69) is 15.3 Å². The number of hydrogen-bond acceptors (Lipinski definition) is 6. The maximum atomic E-state index is 12.9. The van der Waals surface area contributed by atoms with Crippen molar-refractivity contribution in [3.8, 4) is 0 Å². The molecule has 2 heterocycles. The van der Waals surface area contributed by atoms with Crippen LogP contribution in [0.25, 0.3) is 11.0 Å². The number of piperazine rings is 1. The Kier molecular flexibility index (Phi) is 5.80. The highest BCUT2D eigenvalue weighted by molar-refractivity contribution is 5.94. The summed E-state index contributed by atoms with van der Waals surface area (Å²) in [4.78, 5) is 43.0. The molecule has 1 aromatic heterocycles. The third-order valence-corrected chi connectivity index (χ3v) is 5.38. The number of nitro groups is 1. The Labute approximate surface area is 184 Å². The fourth-order valence-electron chi connectivity index (χ4n) is 3.77. The van der Waals surface area contributed by atoms with Gasteiger partial charge in [0, 0.05) is 37.9 Å². The van der Waals surface area contributed by atoms with E-state index in [1.807, 2.05) is 4.90 Å². The van der Waals surface area contributed by atoms with Crippen LogP contribution in [-0.4, -0.2) is 58.4 Å². The van der Waals surface area contributed by atoms with Crippen molar-refractivity contribution >= 4 is 34.0 Å². The van der Waals surface area contributed by atoms with Gasteiger partial charge >= 0.3 is 11.9 Å². The predicted octanol–water partition coefficient (Wildman–Crippen LogP) is 2.54. The summed E-state index contributed by atoms with van der Waals surface area (Å²) in [5.41, 5.74) is -0.215. The lowest BCUT2D eigenvalue weighted by molar-refractivity contribution is -0.384. The van der Waals surface area contributed by atoms with Crippen molar-refractivity contribution in [2.45, 2.75) is 6.18 Å². The number of nitrogens with zero attached hydrogens (tertiary/aromatic N) is 3. The van der Waals surface area contributed by atoms with Gasteiger partial charge in [0.1, 0.15) is 5.69 Å². The second kappa shape index (κ2) is 8.58. The molecular weight excluding hydrogens is 445 g/mol. The summed E-state index contributed by atoms with van der Waals surface area (Å²) in [6, 6.07) is 7.45. The summed E-state index contributed by atoms with van der Waals surface area (Å²) in [5.74, 6) is -0.277. The topological polar surface area (TPSA) is 127 Å². The quantitative estimate of drug-likeness (QED) is 0.393. The van der Waals surface area contributed by atoms with Crippen LogP contribution in [0.1, 0.15) is 5.56 Å². The normalized spacial score (nSPS) is 15.1. The minimum absolute atomic E-state index is 0.0740. The van der Waals surface area contributed by atoms with Gasteiger partial charge in [0.2, 0.25) is 5.91 Å². The van der Waals surface area contributed by atoms with Crippen LogP contribution < -0.4 is 15.9 Å². The van der Waals surface area contributed by atoms with Gasteiger partial charge in [0.15, 0.2) is 0 Å². The van der Waals surface area contributed by atoms with Crippen molar-refractivity contribution < 1.29 is 22.9 Å². The molecule has 174 valence electrons. The molecule has 2 aromatic carbocycles. The van der Waals surface area contributed by atoms with Crippen molar-refractivity contribution in [1.29, 1.82) is 0 Å². The molecule has 0 radical (unpaired) electrons. The molecule has 1 amide bonds. The molecule has 33 heavy (non-hydrogen) atoms. The fraction of sp³-hybridized carbons (Fsp3) is 0.300. The van der Waals surface area contributed by atoms with Crippen LogP contribution in [-0.2, 0) is 11.0 Å². The molecule has 1 aliphatic heterocycles. The van der Waals surface area contributed by atoms with Gasteiger partial charge in [-0.3, -0.25) is 19.8 Å². The average Bonchev–Trinajstić information content (AvgIpc) is 3.12.